The van der Waals surface area contributed by atoms with Crippen molar-refractivity contribution in [3.8, 4) is 0 Å². The van der Waals surface area contributed by atoms with E-state index in [2.05, 4.69) is 23.0 Å². The molecule has 4 rings (SSSR count). The van der Waals surface area contributed by atoms with Crippen LogP contribution in [0.1, 0.15) is 50.3 Å². The van der Waals surface area contributed by atoms with Crippen molar-refractivity contribution in [2.24, 2.45) is 11.8 Å². The highest BCUT2D eigenvalue weighted by Crippen LogP contribution is 2.49. The van der Waals surface area contributed by atoms with Gasteiger partial charge in [-0.3, -0.25) is 0 Å². The first-order valence-corrected chi connectivity index (χ1v) is 6.66. The summed E-state index contributed by atoms with van der Waals surface area (Å²) in [5.41, 5.74) is 1.34. The average Bonchev–Trinajstić information content (AvgIpc) is 3.18. The van der Waals surface area contributed by atoms with Crippen LogP contribution in [-0.4, -0.2) is 16.3 Å². The van der Waals surface area contributed by atoms with Gasteiger partial charge in [0, 0.05) is 18.5 Å². The van der Waals surface area contributed by atoms with Crippen LogP contribution in [0, 0.1) is 11.8 Å². The lowest BCUT2D eigenvalue weighted by atomic mass is 10.1. The van der Waals surface area contributed by atoms with Crippen LogP contribution >= 0.6 is 0 Å². The van der Waals surface area contributed by atoms with E-state index in [0.29, 0.717) is 6.04 Å². The molecule has 1 aromatic heterocycles. The third-order valence-corrected chi connectivity index (χ3v) is 4.47. The van der Waals surface area contributed by atoms with Crippen molar-refractivity contribution in [2.75, 3.05) is 11.9 Å². The van der Waals surface area contributed by atoms with E-state index in [9.17, 15) is 0 Å². The summed E-state index contributed by atoms with van der Waals surface area (Å²) in [6, 6.07) is 2.99. The Morgan fingerprint density at radius 2 is 2.19 bits per heavy atom. The van der Waals surface area contributed by atoms with Gasteiger partial charge in [-0.05, 0) is 37.5 Å². The summed E-state index contributed by atoms with van der Waals surface area (Å²) in [5, 5.41) is 8.35. The van der Waals surface area contributed by atoms with Gasteiger partial charge in [-0.25, -0.2) is 4.68 Å². The molecule has 1 aliphatic heterocycles. The quantitative estimate of drug-likeness (QED) is 0.825. The lowest BCUT2D eigenvalue weighted by Gasteiger charge is -2.25. The molecule has 0 saturated heterocycles. The van der Waals surface area contributed by atoms with E-state index in [-0.39, 0.29) is 0 Å². The molecule has 2 aliphatic carbocycles. The van der Waals surface area contributed by atoms with Gasteiger partial charge in [-0.15, -0.1) is 0 Å². The first-order chi connectivity index (χ1) is 7.83. The van der Waals surface area contributed by atoms with Crippen molar-refractivity contribution < 1.29 is 0 Å². The molecule has 0 spiro atoms. The second-order valence-corrected chi connectivity index (χ2v) is 5.84. The second-order valence-electron chi connectivity index (χ2n) is 5.84. The summed E-state index contributed by atoms with van der Waals surface area (Å²) in [5.74, 6) is 3.80. The molecular formula is C13H19N3. The van der Waals surface area contributed by atoms with Crippen LogP contribution < -0.4 is 5.32 Å². The van der Waals surface area contributed by atoms with Gasteiger partial charge >= 0.3 is 0 Å². The minimum absolute atomic E-state index is 0.694. The van der Waals surface area contributed by atoms with E-state index in [4.69, 9.17) is 5.10 Å². The maximum atomic E-state index is 4.86. The standard InChI is InChI=1S/C13H19N3/c1-8-6-10(8)11-7-13-14-5-4-12(9-2-3-9)16(13)15-11/h7-10,12,14H,2-6H2,1H3. The minimum Gasteiger partial charge on any atom is -0.370 e. The van der Waals surface area contributed by atoms with Gasteiger partial charge in [0.05, 0.1) is 11.7 Å². The Labute approximate surface area is 96.2 Å². The van der Waals surface area contributed by atoms with Crippen LogP contribution in [0.2, 0.25) is 0 Å². The molecule has 3 nitrogen and oxygen atoms in total. The van der Waals surface area contributed by atoms with Crippen molar-refractivity contribution in [1.29, 1.82) is 0 Å². The monoisotopic (exact) mass is 217 g/mol. The fraction of sp³-hybridized carbons (Fsp3) is 0.769. The Morgan fingerprint density at radius 3 is 2.88 bits per heavy atom. The van der Waals surface area contributed by atoms with Crippen LogP contribution in [0.4, 0.5) is 5.82 Å². The topological polar surface area (TPSA) is 29.9 Å². The molecule has 86 valence electrons. The van der Waals surface area contributed by atoms with Crippen molar-refractivity contribution in [1.82, 2.24) is 9.78 Å². The predicted octanol–water partition coefficient (Wildman–Crippen LogP) is 2.77. The highest BCUT2D eigenvalue weighted by atomic mass is 15.4. The van der Waals surface area contributed by atoms with Crippen molar-refractivity contribution >= 4 is 5.82 Å². The van der Waals surface area contributed by atoms with E-state index in [1.807, 2.05) is 0 Å². The number of fused-ring (bicyclic) bond motifs is 1. The van der Waals surface area contributed by atoms with E-state index < -0.39 is 0 Å². The summed E-state index contributed by atoms with van der Waals surface area (Å²) >= 11 is 0. The zero-order valence-corrected chi connectivity index (χ0v) is 9.82. The van der Waals surface area contributed by atoms with E-state index >= 15 is 0 Å². The zero-order chi connectivity index (χ0) is 10.7. The number of anilines is 1. The molecule has 16 heavy (non-hydrogen) atoms. The SMILES string of the molecule is CC1CC1c1cc2n(n1)C(C1CC1)CCN2. The Hall–Kier alpha value is -0.990. The lowest BCUT2D eigenvalue weighted by molar-refractivity contribution is 0.373. The first kappa shape index (κ1) is 9.08. The zero-order valence-electron chi connectivity index (χ0n) is 9.82. The fourth-order valence-electron chi connectivity index (χ4n) is 3.10. The minimum atomic E-state index is 0.694. The Kier molecular flexibility index (Phi) is 1.72. The highest BCUT2D eigenvalue weighted by molar-refractivity contribution is 5.41. The molecule has 0 radical (unpaired) electrons. The first-order valence-electron chi connectivity index (χ1n) is 6.66. The van der Waals surface area contributed by atoms with Crippen LogP contribution in [0.15, 0.2) is 6.07 Å². The normalized spacial score (nSPS) is 36.7. The molecule has 3 unspecified atom stereocenters. The summed E-state index contributed by atoms with van der Waals surface area (Å²) < 4.78 is 2.29. The molecule has 2 fully saturated rings. The molecule has 1 aromatic rings. The van der Waals surface area contributed by atoms with Crippen molar-refractivity contribution in [3.63, 3.8) is 0 Å². The van der Waals surface area contributed by atoms with Gasteiger partial charge in [0.15, 0.2) is 0 Å². The van der Waals surface area contributed by atoms with Crippen molar-refractivity contribution in [3.05, 3.63) is 11.8 Å². The number of nitrogens with zero attached hydrogens (tertiary/aromatic N) is 2. The molecule has 3 aliphatic rings. The van der Waals surface area contributed by atoms with E-state index in [0.717, 1.165) is 24.3 Å². The smallest absolute Gasteiger partial charge is 0.124 e. The average molecular weight is 217 g/mol. The molecule has 2 saturated carbocycles. The number of rotatable bonds is 2. The Morgan fingerprint density at radius 1 is 1.38 bits per heavy atom. The number of aromatic nitrogens is 2. The Balaban J connectivity index is 1.68. The molecule has 2 heterocycles. The molecule has 0 aromatic carbocycles. The number of hydrogen-bond acceptors (Lipinski definition) is 2. The highest BCUT2D eigenvalue weighted by Gasteiger charge is 2.40. The maximum Gasteiger partial charge on any atom is 0.124 e. The van der Waals surface area contributed by atoms with Crippen LogP contribution in [0.25, 0.3) is 0 Å². The summed E-state index contributed by atoms with van der Waals surface area (Å²) in [6.07, 6.45) is 5.43. The predicted molar refractivity (Wildman–Crippen MR) is 63.6 cm³/mol. The van der Waals surface area contributed by atoms with E-state index in [1.54, 1.807) is 0 Å². The third kappa shape index (κ3) is 1.30. The van der Waals surface area contributed by atoms with Crippen LogP contribution in [0.3, 0.4) is 0 Å². The molecule has 0 bridgehead atoms. The maximum absolute atomic E-state index is 4.86. The summed E-state index contributed by atoms with van der Waals surface area (Å²) in [7, 11) is 0. The van der Waals surface area contributed by atoms with E-state index in [1.165, 1.54) is 37.2 Å². The Bertz CT molecular complexity index is 419. The van der Waals surface area contributed by atoms with Crippen molar-refractivity contribution in [2.45, 2.75) is 44.6 Å². The molecule has 3 atom stereocenters. The summed E-state index contributed by atoms with van der Waals surface area (Å²) in [6.45, 7) is 3.46. The lowest BCUT2D eigenvalue weighted by Crippen LogP contribution is -2.24. The van der Waals surface area contributed by atoms with Gasteiger partial charge in [0.1, 0.15) is 5.82 Å². The third-order valence-electron chi connectivity index (χ3n) is 4.47. The fourth-order valence-corrected chi connectivity index (χ4v) is 3.10. The molecule has 3 heteroatoms. The van der Waals surface area contributed by atoms with Gasteiger partial charge in [0.2, 0.25) is 0 Å². The number of nitrogens with one attached hydrogen (secondary N) is 1. The van der Waals surface area contributed by atoms with Gasteiger partial charge in [-0.2, -0.15) is 5.10 Å². The second kappa shape index (κ2) is 3.02. The molecule has 0 amide bonds. The van der Waals surface area contributed by atoms with Gasteiger partial charge in [-0.1, -0.05) is 6.92 Å². The van der Waals surface area contributed by atoms with Crippen LogP contribution in [-0.2, 0) is 0 Å². The van der Waals surface area contributed by atoms with Gasteiger partial charge in [0.25, 0.3) is 0 Å². The number of hydrogen-bond donors (Lipinski definition) is 1. The molecule has 1 N–H and O–H groups in total. The van der Waals surface area contributed by atoms with Crippen LogP contribution in [0.5, 0.6) is 0 Å². The summed E-state index contributed by atoms with van der Waals surface area (Å²) in [4.78, 5) is 0. The molecular weight excluding hydrogens is 198 g/mol. The largest absolute Gasteiger partial charge is 0.370 e. The van der Waals surface area contributed by atoms with Gasteiger partial charge < -0.3 is 5.32 Å².